The van der Waals surface area contributed by atoms with Gasteiger partial charge in [-0.3, -0.25) is 4.79 Å². The van der Waals surface area contributed by atoms with Gasteiger partial charge in [0.1, 0.15) is 5.75 Å². The molecule has 0 radical (unpaired) electrons. The van der Waals surface area contributed by atoms with Gasteiger partial charge in [-0.25, -0.2) is 4.98 Å². The smallest absolute Gasteiger partial charge is 0.236 e. The minimum Gasteiger partial charge on any atom is -0.496 e. The van der Waals surface area contributed by atoms with Crippen LogP contribution < -0.4 is 10.1 Å². The monoisotopic (exact) mass is 290 g/mol. The molecule has 1 aromatic heterocycles. The first kappa shape index (κ1) is 14.5. The van der Waals surface area contributed by atoms with Crippen molar-refractivity contribution < 1.29 is 9.53 Å². The summed E-state index contributed by atoms with van der Waals surface area (Å²) in [5.41, 5.74) is 1.06. The first-order valence-electron chi connectivity index (χ1n) is 6.32. The SMILES string of the molecule is COc1ccccc1C(C)(C)C(=O)Nc1nc(C)cs1. The molecule has 1 amide bonds. The average Bonchev–Trinajstić information content (AvgIpc) is 2.84. The van der Waals surface area contributed by atoms with Crippen LogP contribution in [0.15, 0.2) is 29.6 Å². The molecular weight excluding hydrogens is 272 g/mol. The largest absolute Gasteiger partial charge is 0.496 e. The van der Waals surface area contributed by atoms with E-state index in [2.05, 4.69) is 10.3 Å². The summed E-state index contributed by atoms with van der Waals surface area (Å²) in [5.74, 6) is 0.610. The molecule has 1 aromatic carbocycles. The van der Waals surface area contributed by atoms with E-state index in [0.717, 1.165) is 11.3 Å². The molecule has 0 aliphatic carbocycles. The Morgan fingerprint density at radius 3 is 2.65 bits per heavy atom. The van der Waals surface area contributed by atoms with E-state index in [1.807, 2.05) is 50.4 Å². The molecule has 0 saturated carbocycles. The van der Waals surface area contributed by atoms with E-state index in [9.17, 15) is 4.79 Å². The number of ether oxygens (including phenoxy) is 1. The van der Waals surface area contributed by atoms with Gasteiger partial charge < -0.3 is 10.1 Å². The second kappa shape index (κ2) is 5.63. The van der Waals surface area contributed by atoms with Gasteiger partial charge in [0.25, 0.3) is 0 Å². The molecule has 0 saturated heterocycles. The molecule has 0 unspecified atom stereocenters. The number of aryl methyl sites for hydroxylation is 1. The van der Waals surface area contributed by atoms with E-state index >= 15 is 0 Å². The van der Waals surface area contributed by atoms with Crippen molar-refractivity contribution in [2.75, 3.05) is 12.4 Å². The highest BCUT2D eigenvalue weighted by Gasteiger charge is 2.32. The Labute approximate surface area is 122 Å². The standard InChI is InChI=1S/C15H18N2O2S/c1-10-9-20-14(16-10)17-13(18)15(2,3)11-7-5-6-8-12(11)19-4/h5-9H,1-4H3,(H,16,17,18). The van der Waals surface area contributed by atoms with E-state index in [-0.39, 0.29) is 5.91 Å². The van der Waals surface area contributed by atoms with Crippen LogP contribution in [0.2, 0.25) is 0 Å². The van der Waals surface area contributed by atoms with Crippen LogP contribution in [-0.4, -0.2) is 18.0 Å². The fourth-order valence-corrected chi connectivity index (χ4v) is 2.63. The molecule has 2 aromatic rings. The third-order valence-electron chi connectivity index (χ3n) is 3.19. The minimum atomic E-state index is -0.702. The van der Waals surface area contributed by atoms with Gasteiger partial charge in [0.2, 0.25) is 5.91 Å². The summed E-state index contributed by atoms with van der Waals surface area (Å²) >= 11 is 1.42. The number of thiazole rings is 1. The number of carbonyl (C=O) groups is 1. The highest BCUT2D eigenvalue weighted by molar-refractivity contribution is 7.13. The van der Waals surface area contributed by atoms with Gasteiger partial charge in [0.15, 0.2) is 5.13 Å². The molecule has 106 valence electrons. The number of benzene rings is 1. The highest BCUT2D eigenvalue weighted by atomic mass is 32.1. The van der Waals surface area contributed by atoms with Crippen molar-refractivity contribution in [3.63, 3.8) is 0 Å². The molecule has 0 spiro atoms. The number of anilines is 1. The van der Waals surface area contributed by atoms with Crippen molar-refractivity contribution in [3.05, 3.63) is 40.9 Å². The number of hydrogen-bond acceptors (Lipinski definition) is 4. The van der Waals surface area contributed by atoms with E-state index in [0.29, 0.717) is 10.9 Å². The lowest BCUT2D eigenvalue weighted by Gasteiger charge is -2.25. The van der Waals surface area contributed by atoms with Crippen LogP contribution in [0.1, 0.15) is 25.1 Å². The zero-order valence-electron chi connectivity index (χ0n) is 12.1. The van der Waals surface area contributed by atoms with E-state index in [1.165, 1.54) is 11.3 Å². The van der Waals surface area contributed by atoms with E-state index in [1.54, 1.807) is 7.11 Å². The quantitative estimate of drug-likeness (QED) is 0.939. The number of rotatable bonds is 4. The van der Waals surface area contributed by atoms with Crippen LogP contribution >= 0.6 is 11.3 Å². The maximum atomic E-state index is 12.5. The van der Waals surface area contributed by atoms with Gasteiger partial charge in [0, 0.05) is 10.9 Å². The molecule has 0 bridgehead atoms. The van der Waals surface area contributed by atoms with Crippen LogP contribution in [0.5, 0.6) is 5.75 Å². The van der Waals surface area contributed by atoms with Crippen LogP contribution in [0.3, 0.4) is 0 Å². The predicted octanol–water partition coefficient (Wildman–Crippen LogP) is 3.38. The van der Waals surface area contributed by atoms with Gasteiger partial charge in [-0.15, -0.1) is 11.3 Å². The fraction of sp³-hybridized carbons (Fsp3) is 0.333. The first-order valence-corrected chi connectivity index (χ1v) is 7.20. The number of nitrogens with one attached hydrogen (secondary N) is 1. The number of para-hydroxylation sites is 1. The second-order valence-corrected chi connectivity index (χ2v) is 5.93. The lowest BCUT2D eigenvalue weighted by molar-refractivity contribution is -0.120. The molecule has 5 heteroatoms. The topological polar surface area (TPSA) is 51.2 Å². The number of nitrogens with zero attached hydrogens (tertiary/aromatic N) is 1. The number of methoxy groups -OCH3 is 1. The fourth-order valence-electron chi connectivity index (χ4n) is 1.95. The van der Waals surface area contributed by atoms with Crippen molar-refractivity contribution in [1.82, 2.24) is 4.98 Å². The maximum Gasteiger partial charge on any atom is 0.236 e. The highest BCUT2D eigenvalue weighted by Crippen LogP contribution is 2.32. The van der Waals surface area contributed by atoms with Gasteiger partial charge >= 0.3 is 0 Å². The molecule has 1 N–H and O–H groups in total. The van der Waals surface area contributed by atoms with Crippen molar-refractivity contribution in [3.8, 4) is 5.75 Å². The van der Waals surface area contributed by atoms with Crippen molar-refractivity contribution in [1.29, 1.82) is 0 Å². The van der Waals surface area contributed by atoms with E-state index < -0.39 is 5.41 Å². The summed E-state index contributed by atoms with van der Waals surface area (Å²) in [7, 11) is 1.61. The van der Waals surface area contributed by atoms with Gasteiger partial charge in [0.05, 0.1) is 18.2 Å². The van der Waals surface area contributed by atoms with Crippen molar-refractivity contribution >= 4 is 22.4 Å². The Hall–Kier alpha value is -1.88. The molecule has 0 fully saturated rings. The Morgan fingerprint density at radius 2 is 2.05 bits per heavy atom. The second-order valence-electron chi connectivity index (χ2n) is 5.07. The van der Waals surface area contributed by atoms with Gasteiger partial charge in [-0.05, 0) is 26.8 Å². The third-order valence-corrected chi connectivity index (χ3v) is 4.06. The van der Waals surface area contributed by atoms with Gasteiger partial charge in [-0.1, -0.05) is 18.2 Å². The Bertz CT molecular complexity index is 620. The normalized spacial score (nSPS) is 11.2. The van der Waals surface area contributed by atoms with Crippen LogP contribution in [0, 0.1) is 6.92 Å². The summed E-state index contributed by atoms with van der Waals surface area (Å²) < 4.78 is 5.34. The molecule has 0 aliphatic rings. The predicted molar refractivity (Wildman–Crippen MR) is 81.5 cm³/mol. The van der Waals surface area contributed by atoms with Crippen LogP contribution in [0.4, 0.5) is 5.13 Å². The first-order chi connectivity index (χ1) is 9.45. The summed E-state index contributed by atoms with van der Waals surface area (Å²) in [4.78, 5) is 16.8. The molecule has 20 heavy (non-hydrogen) atoms. The summed E-state index contributed by atoms with van der Waals surface area (Å²) in [5, 5.41) is 5.39. The average molecular weight is 290 g/mol. The molecule has 2 rings (SSSR count). The van der Waals surface area contributed by atoms with Crippen LogP contribution in [0.25, 0.3) is 0 Å². The molecule has 4 nitrogen and oxygen atoms in total. The summed E-state index contributed by atoms with van der Waals surface area (Å²) in [6.07, 6.45) is 0. The lowest BCUT2D eigenvalue weighted by atomic mass is 9.83. The van der Waals surface area contributed by atoms with Crippen molar-refractivity contribution in [2.24, 2.45) is 0 Å². The maximum absolute atomic E-state index is 12.5. The minimum absolute atomic E-state index is 0.101. The number of carbonyl (C=O) groups excluding carboxylic acids is 1. The number of amides is 1. The Balaban J connectivity index is 2.27. The molecule has 0 aliphatic heterocycles. The zero-order valence-corrected chi connectivity index (χ0v) is 12.9. The van der Waals surface area contributed by atoms with E-state index in [4.69, 9.17) is 4.74 Å². The van der Waals surface area contributed by atoms with Gasteiger partial charge in [-0.2, -0.15) is 0 Å². The number of hydrogen-bond donors (Lipinski definition) is 1. The summed E-state index contributed by atoms with van der Waals surface area (Å²) in [6.45, 7) is 5.65. The summed E-state index contributed by atoms with van der Waals surface area (Å²) in [6, 6.07) is 7.56. The Kier molecular flexibility index (Phi) is 4.09. The molecular formula is C15H18N2O2S. The van der Waals surface area contributed by atoms with Crippen LogP contribution in [-0.2, 0) is 10.2 Å². The zero-order chi connectivity index (χ0) is 14.8. The molecule has 0 atom stereocenters. The lowest BCUT2D eigenvalue weighted by Crippen LogP contribution is -2.35. The number of aromatic nitrogens is 1. The Morgan fingerprint density at radius 1 is 1.35 bits per heavy atom. The molecule has 1 heterocycles. The third kappa shape index (κ3) is 2.82. The van der Waals surface area contributed by atoms with Crippen molar-refractivity contribution in [2.45, 2.75) is 26.2 Å².